The molecule has 1 aromatic heterocycles. The summed E-state index contributed by atoms with van der Waals surface area (Å²) in [6, 6.07) is 0.573. The van der Waals surface area contributed by atoms with E-state index >= 15 is 0 Å². The molecule has 0 amide bonds. The highest BCUT2D eigenvalue weighted by Crippen LogP contribution is 2.22. The third kappa shape index (κ3) is 2.15. The summed E-state index contributed by atoms with van der Waals surface area (Å²) < 4.78 is 2.19. The van der Waals surface area contributed by atoms with E-state index < -0.39 is 0 Å². The van der Waals surface area contributed by atoms with Crippen molar-refractivity contribution in [3.8, 4) is 0 Å². The molecule has 0 saturated carbocycles. The fourth-order valence-corrected chi connectivity index (χ4v) is 1.48. The highest BCUT2D eigenvalue weighted by atomic mass is 15.1. The van der Waals surface area contributed by atoms with Gasteiger partial charge in [-0.2, -0.15) is 0 Å². The van der Waals surface area contributed by atoms with Gasteiger partial charge >= 0.3 is 0 Å². The molecule has 1 heterocycles. The van der Waals surface area contributed by atoms with E-state index in [-0.39, 0.29) is 6.04 Å². The minimum Gasteiger partial charge on any atom is -0.330 e. The zero-order chi connectivity index (χ0) is 10.7. The van der Waals surface area contributed by atoms with Gasteiger partial charge in [0.1, 0.15) is 0 Å². The molecule has 3 nitrogen and oxygen atoms in total. The smallest absolute Gasteiger partial charge is 0.0951 e. The molecule has 0 aliphatic carbocycles. The van der Waals surface area contributed by atoms with Crippen molar-refractivity contribution in [1.29, 1.82) is 0 Å². The molecule has 1 aromatic rings. The summed E-state index contributed by atoms with van der Waals surface area (Å²) in [7, 11) is 0. The van der Waals surface area contributed by atoms with Crippen molar-refractivity contribution in [1.82, 2.24) is 9.55 Å². The average molecular weight is 195 g/mol. The molecule has 0 radical (unpaired) electrons. The van der Waals surface area contributed by atoms with Gasteiger partial charge in [-0.25, -0.2) is 4.98 Å². The van der Waals surface area contributed by atoms with Crippen LogP contribution in [0.25, 0.3) is 0 Å². The van der Waals surface area contributed by atoms with Crippen LogP contribution >= 0.6 is 0 Å². The van der Waals surface area contributed by atoms with Crippen LogP contribution in [-0.2, 0) is 0 Å². The van der Waals surface area contributed by atoms with Crippen LogP contribution in [0.4, 0.5) is 0 Å². The first-order valence-corrected chi connectivity index (χ1v) is 5.35. The van der Waals surface area contributed by atoms with Gasteiger partial charge in [-0.05, 0) is 19.3 Å². The van der Waals surface area contributed by atoms with Crippen LogP contribution in [0.1, 0.15) is 51.9 Å². The predicted octanol–water partition coefficient (Wildman–Crippen LogP) is 2.51. The number of rotatable bonds is 4. The molecule has 0 aliphatic rings. The number of imidazole rings is 1. The fourth-order valence-electron chi connectivity index (χ4n) is 1.48. The van der Waals surface area contributed by atoms with Gasteiger partial charge in [0.25, 0.3) is 0 Å². The fraction of sp³-hybridized carbons (Fsp3) is 0.727. The van der Waals surface area contributed by atoms with E-state index in [9.17, 15) is 0 Å². The van der Waals surface area contributed by atoms with Crippen molar-refractivity contribution in [2.75, 3.05) is 0 Å². The molecule has 0 fully saturated rings. The maximum Gasteiger partial charge on any atom is 0.0951 e. The number of nitrogens with zero attached hydrogens (tertiary/aromatic N) is 2. The Hall–Kier alpha value is -0.830. The number of hydrogen-bond acceptors (Lipinski definition) is 2. The Morgan fingerprint density at radius 3 is 2.57 bits per heavy atom. The van der Waals surface area contributed by atoms with Crippen molar-refractivity contribution >= 4 is 0 Å². The highest BCUT2D eigenvalue weighted by Gasteiger charge is 2.16. The molecular weight excluding hydrogens is 174 g/mol. The van der Waals surface area contributed by atoms with E-state index in [4.69, 9.17) is 5.73 Å². The summed E-state index contributed by atoms with van der Waals surface area (Å²) in [5, 5.41) is 0. The largest absolute Gasteiger partial charge is 0.330 e. The second-order valence-corrected chi connectivity index (χ2v) is 4.25. The summed E-state index contributed by atoms with van der Waals surface area (Å²) in [4.78, 5) is 4.18. The molecule has 1 rings (SSSR count). The molecule has 2 atom stereocenters. The summed E-state index contributed by atoms with van der Waals surface area (Å²) in [6.45, 7) is 8.64. The summed E-state index contributed by atoms with van der Waals surface area (Å²) >= 11 is 0. The van der Waals surface area contributed by atoms with E-state index in [1.807, 2.05) is 12.5 Å². The Morgan fingerprint density at radius 2 is 2.07 bits per heavy atom. The zero-order valence-corrected chi connectivity index (χ0v) is 9.57. The SMILES string of the molecule is CCC(C)n1cncc1C(N)C(C)C. The molecule has 0 aliphatic heterocycles. The monoisotopic (exact) mass is 195 g/mol. The van der Waals surface area contributed by atoms with Gasteiger partial charge in [0.2, 0.25) is 0 Å². The van der Waals surface area contributed by atoms with E-state index in [0.29, 0.717) is 12.0 Å². The Bertz CT molecular complexity index is 278. The first-order valence-electron chi connectivity index (χ1n) is 5.35. The van der Waals surface area contributed by atoms with Crippen LogP contribution < -0.4 is 5.73 Å². The Balaban J connectivity index is 2.92. The Kier molecular flexibility index (Phi) is 3.69. The van der Waals surface area contributed by atoms with Crippen LogP contribution in [0.15, 0.2) is 12.5 Å². The lowest BCUT2D eigenvalue weighted by molar-refractivity contribution is 0.442. The third-order valence-corrected chi connectivity index (χ3v) is 2.82. The van der Waals surface area contributed by atoms with Crippen molar-refractivity contribution in [3.05, 3.63) is 18.2 Å². The molecule has 0 spiro atoms. The standard InChI is InChI=1S/C11H21N3/c1-5-9(4)14-7-13-6-10(14)11(12)8(2)3/h6-9,11H,5,12H2,1-4H3. The third-order valence-electron chi connectivity index (χ3n) is 2.82. The average Bonchev–Trinajstić information content (AvgIpc) is 2.63. The second kappa shape index (κ2) is 4.60. The van der Waals surface area contributed by atoms with E-state index in [2.05, 4.69) is 37.2 Å². The molecule has 0 saturated heterocycles. The van der Waals surface area contributed by atoms with Gasteiger partial charge in [0, 0.05) is 18.3 Å². The minimum absolute atomic E-state index is 0.0894. The zero-order valence-electron chi connectivity index (χ0n) is 9.57. The highest BCUT2D eigenvalue weighted by molar-refractivity contribution is 5.06. The van der Waals surface area contributed by atoms with E-state index in [1.165, 1.54) is 0 Å². The van der Waals surface area contributed by atoms with Gasteiger partial charge in [-0.15, -0.1) is 0 Å². The molecule has 0 aromatic carbocycles. The van der Waals surface area contributed by atoms with Crippen LogP contribution in [0.5, 0.6) is 0 Å². The normalized spacial score (nSPS) is 15.9. The quantitative estimate of drug-likeness (QED) is 0.802. The first-order chi connectivity index (χ1) is 6.57. The van der Waals surface area contributed by atoms with Crippen LogP contribution in [-0.4, -0.2) is 9.55 Å². The number of hydrogen-bond donors (Lipinski definition) is 1. The maximum absolute atomic E-state index is 6.11. The van der Waals surface area contributed by atoms with Crippen LogP contribution in [0, 0.1) is 5.92 Å². The predicted molar refractivity (Wildman–Crippen MR) is 59.0 cm³/mol. The summed E-state index contributed by atoms with van der Waals surface area (Å²) in [5.41, 5.74) is 7.26. The van der Waals surface area contributed by atoms with E-state index in [0.717, 1.165) is 12.1 Å². The second-order valence-electron chi connectivity index (χ2n) is 4.25. The molecule has 3 heteroatoms. The minimum atomic E-state index is 0.0894. The Morgan fingerprint density at radius 1 is 1.43 bits per heavy atom. The summed E-state index contributed by atoms with van der Waals surface area (Å²) in [6.07, 6.45) is 4.87. The Labute approximate surface area is 86.3 Å². The van der Waals surface area contributed by atoms with Gasteiger partial charge < -0.3 is 10.3 Å². The molecule has 80 valence electrons. The van der Waals surface area contributed by atoms with E-state index in [1.54, 1.807) is 0 Å². The van der Waals surface area contributed by atoms with Gasteiger partial charge in [-0.1, -0.05) is 20.8 Å². The lowest BCUT2D eigenvalue weighted by Crippen LogP contribution is -2.21. The topological polar surface area (TPSA) is 43.8 Å². The van der Waals surface area contributed by atoms with Crippen LogP contribution in [0.2, 0.25) is 0 Å². The molecule has 14 heavy (non-hydrogen) atoms. The van der Waals surface area contributed by atoms with Gasteiger partial charge in [0.05, 0.1) is 12.0 Å². The van der Waals surface area contributed by atoms with Gasteiger partial charge in [0.15, 0.2) is 0 Å². The van der Waals surface area contributed by atoms with Crippen molar-refractivity contribution < 1.29 is 0 Å². The van der Waals surface area contributed by atoms with Crippen molar-refractivity contribution in [2.45, 2.75) is 46.2 Å². The lowest BCUT2D eigenvalue weighted by Gasteiger charge is -2.21. The molecular formula is C11H21N3. The molecule has 2 unspecified atom stereocenters. The van der Waals surface area contributed by atoms with Gasteiger partial charge in [-0.3, -0.25) is 0 Å². The maximum atomic E-state index is 6.11. The lowest BCUT2D eigenvalue weighted by atomic mass is 10.0. The van der Waals surface area contributed by atoms with Crippen molar-refractivity contribution in [2.24, 2.45) is 11.7 Å². The number of aromatic nitrogens is 2. The number of nitrogens with two attached hydrogens (primary N) is 1. The summed E-state index contributed by atoms with van der Waals surface area (Å²) in [5.74, 6) is 0.453. The molecule has 2 N–H and O–H groups in total. The first kappa shape index (κ1) is 11.2. The van der Waals surface area contributed by atoms with Crippen molar-refractivity contribution in [3.63, 3.8) is 0 Å². The molecule has 0 bridgehead atoms. The van der Waals surface area contributed by atoms with Crippen LogP contribution in [0.3, 0.4) is 0 Å².